The molecule has 0 amide bonds. The molecule has 0 radical (unpaired) electrons. The molecule has 2 rings (SSSR count). The van der Waals surface area contributed by atoms with Gasteiger partial charge in [0, 0.05) is 13.5 Å². The Hall–Kier alpha value is -3.06. The Kier molecular flexibility index (Phi) is 11.1. The Morgan fingerprint density at radius 2 is 1.53 bits per heavy atom. The van der Waals surface area contributed by atoms with E-state index in [2.05, 4.69) is 22.2 Å². The van der Waals surface area contributed by atoms with Crippen LogP contribution in [0.4, 0.5) is 0 Å². The maximum absolute atomic E-state index is 11.3. The van der Waals surface area contributed by atoms with Crippen molar-refractivity contribution < 1.29 is 28.5 Å². The average Bonchev–Trinajstić information content (AvgIpc) is 2.79. The Bertz CT molecular complexity index is 850. The van der Waals surface area contributed by atoms with E-state index >= 15 is 0 Å². The number of rotatable bonds is 14. The summed E-state index contributed by atoms with van der Waals surface area (Å²) < 4.78 is 20.9. The number of hydrogen-bond acceptors (Lipinski definition) is 7. The van der Waals surface area contributed by atoms with Gasteiger partial charge in [-0.3, -0.25) is 9.59 Å². The Labute approximate surface area is 190 Å². The van der Waals surface area contributed by atoms with Crippen molar-refractivity contribution in [3.05, 3.63) is 53.6 Å². The van der Waals surface area contributed by atoms with Gasteiger partial charge >= 0.3 is 11.9 Å². The highest BCUT2D eigenvalue weighted by molar-refractivity contribution is 5.84. The van der Waals surface area contributed by atoms with E-state index in [0.29, 0.717) is 13.2 Å². The summed E-state index contributed by atoms with van der Waals surface area (Å²) in [6.07, 6.45) is 3.89. The lowest BCUT2D eigenvalue weighted by atomic mass is 10.1. The topological polar surface area (TPSA) is 83.1 Å². The van der Waals surface area contributed by atoms with E-state index in [-0.39, 0.29) is 6.42 Å². The van der Waals surface area contributed by atoms with Crippen LogP contribution in [0.1, 0.15) is 37.3 Å². The zero-order chi connectivity index (χ0) is 23.2. The van der Waals surface area contributed by atoms with Crippen molar-refractivity contribution in [1.82, 2.24) is 5.32 Å². The quantitative estimate of drug-likeness (QED) is 0.271. The number of methoxy groups -OCH3 is 2. The van der Waals surface area contributed by atoms with Crippen molar-refractivity contribution in [2.75, 3.05) is 33.9 Å². The number of hydrogen-bond donors (Lipinski definition) is 1. The number of benzene rings is 2. The molecule has 32 heavy (non-hydrogen) atoms. The summed E-state index contributed by atoms with van der Waals surface area (Å²) in [6, 6.07) is 14.1. The van der Waals surface area contributed by atoms with E-state index in [9.17, 15) is 9.59 Å². The molecule has 0 bridgehead atoms. The van der Waals surface area contributed by atoms with Crippen molar-refractivity contribution in [2.24, 2.45) is 0 Å². The van der Waals surface area contributed by atoms with Crippen LogP contribution < -0.4 is 19.5 Å². The van der Waals surface area contributed by atoms with Gasteiger partial charge in [-0.05, 0) is 67.6 Å². The Morgan fingerprint density at radius 1 is 0.844 bits per heavy atom. The second-order valence-corrected chi connectivity index (χ2v) is 7.35. The molecule has 0 heterocycles. The van der Waals surface area contributed by atoms with E-state index in [4.69, 9.17) is 14.2 Å². The first-order valence-corrected chi connectivity index (χ1v) is 10.9. The average molecular weight is 444 g/mol. The Balaban J connectivity index is 1.60. The molecule has 0 spiro atoms. The van der Waals surface area contributed by atoms with E-state index in [1.165, 1.54) is 18.1 Å². The van der Waals surface area contributed by atoms with Crippen LogP contribution in [0.25, 0.3) is 0 Å². The van der Waals surface area contributed by atoms with Crippen molar-refractivity contribution >= 4 is 11.9 Å². The summed E-state index contributed by atoms with van der Waals surface area (Å²) >= 11 is 0. The molecule has 7 heteroatoms. The minimum absolute atomic E-state index is 0.192. The van der Waals surface area contributed by atoms with Crippen molar-refractivity contribution in [3.8, 4) is 17.2 Å². The molecule has 0 aliphatic rings. The summed E-state index contributed by atoms with van der Waals surface area (Å²) in [4.78, 5) is 21.9. The van der Waals surface area contributed by atoms with Crippen LogP contribution in [0.15, 0.2) is 42.5 Å². The fraction of sp³-hybridized carbons (Fsp3) is 0.440. The third-order valence-corrected chi connectivity index (χ3v) is 4.83. The molecule has 0 saturated heterocycles. The van der Waals surface area contributed by atoms with Gasteiger partial charge in [-0.1, -0.05) is 18.2 Å². The molecule has 0 fully saturated rings. The summed E-state index contributed by atoms with van der Waals surface area (Å²) in [6.45, 7) is 3.16. The van der Waals surface area contributed by atoms with Gasteiger partial charge in [-0.2, -0.15) is 0 Å². The highest BCUT2D eigenvalue weighted by atomic mass is 16.6. The third kappa shape index (κ3) is 9.39. The van der Waals surface area contributed by atoms with Gasteiger partial charge in [0.1, 0.15) is 5.75 Å². The van der Waals surface area contributed by atoms with Crippen molar-refractivity contribution in [3.63, 3.8) is 0 Å². The molecule has 0 aliphatic heterocycles. The van der Waals surface area contributed by atoms with Crippen LogP contribution in [-0.4, -0.2) is 45.9 Å². The normalized spacial score (nSPS) is 10.5. The summed E-state index contributed by atoms with van der Waals surface area (Å²) in [5.74, 6) is 1.28. The largest absolute Gasteiger partial charge is 0.494 e. The predicted molar refractivity (Wildman–Crippen MR) is 122 cm³/mol. The van der Waals surface area contributed by atoms with E-state index in [1.807, 2.05) is 30.3 Å². The van der Waals surface area contributed by atoms with Crippen LogP contribution >= 0.6 is 0 Å². The molecule has 2 aromatic rings. The second kappa shape index (κ2) is 14.1. The smallest absolute Gasteiger partial charge is 0.314 e. The number of nitrogens with one attached hydrogen (secondary N) is 1. The number of carbonyl (C=O) groups excluding carboxylic acids is 2. The molecular weight excluding hydrogens is 410 g/mol. The zero-order valence-corrected chi connectivity index (χ0v) is 19.1. The summed E-state index contributed by atoms with van der Waals surface area (Å²) in [7, 11) is 3.27. The summed E-state index contributed by atoms with van der Waals surface area (Å²) in [5.41, 5.74) is 2.42. The van der Waals surface area contributed by atoms with Gasteiger partial charge < -0.3 is 24.3 Å². The highest BCUT2D eigenvalue weighted by Crippen LogP contribution is 2.28. The van der Waals surface area contributed by atoms with Crippen molar-refractivity contribution in [1.29, 1.82) is 0 Å². The van der Waals surface area contributed by atoms with Gasteiger partial charge in [0.15, 0.2) is 11.5 Å². The maximum Gasteiger partial charge on any atom is 0.314 e. The zero-order valence-electron chi connectivity index (χ0n) is 19.1. The first kappa shape index (κ1) is 25.2. The molecule has 0 saturated carbocycles. The Morgan fingerprint density at radius 3 is 2.22 bits per heavy atom. The first-order chi connectivity index (χ1) is 15.5. The molecular formula is C25H33NO6. The lowest BCUT2D eigenvalue weighted by molar-refractivity contribution is -0.157. The molecule has 0 aromatic heterocycles. The number of esters is 2. The molecule has 0 atom stereocenters. The number of carbonyl (C=O) groups is 2. The predicted octanol–water partition coefficient (Wildman–Crippen LogP) is 3.72. The van der Waals surface area contributed by atoms with Gasteiger partial charge in [0.2, 0.25) is 0 Å². The van der Waals surface area contributed by atoms with Crippen LogP contribution in [0.5, 0.6) is 17.2 Å². The summed E-state index contributed by atoms with van der Waals surface area (Å²) in [5, 5.41) is 3.18. The molecule has 7 nitrogen and oxygen atoms in total. The van der Waals surface area contributed by atoms with Crippen molar-refractivity contribution in [2.45, 2.75) is 39.0 Å². The molecule has 174 valence electrons. The van der Waals surface area contributed by atoms with Gasteiger partial charge in [0.05, 0.1) is 27.2 Å². The minimum atomic E-state index is -0.569. The second-order valence-electron chi connectivity index (χ2n) is 7.35. The molecule has 2 aromatic carbocycles. The number of ether oxygens (including phenoxy) is 4. The fourth-order valence-corrected chi connectivity index (χ4v) is 3.20. The molecule has 1 N–H and O–H groups in total. The SMILES string of the molecule is COc1ccc(CCCOc2ccc(CCCNCCC(=O)OC(C)=O)cc2)cc1OC. The van der Waals surface area contributed by atoms with Crippen LogP contribution in [0.2, 0.25) is 0 Å². The lowest BCUT2D eigenvalue weighted by Crippen LogP contribution is -2.21. The minimum Gasteiger partial charge on any atom is -0.494 e. The van der Waals surface area contributed by atoms with Crippen LogP contribution in [0.3, 0.4) is 0 Å². The number of aryl methyl sites for hydroxylation is 2. The third-order valence-electron chi connectivity index (χ3n) is 4.83. The maximum atomic E-state index is 11.3. The molecule has 0 unspecified atom stereocenters. The van der Waals surface area contributed by atoms with Gasteiger partial charge in [-0.25, -0.2) is 0 Å². The van der Waals surface area contributed by atoms with E-state index in [0.717, 1.165) is 49.5 Å². The molecule has 0 aliphatic carbocycles. The van der Waals surface area contributed by atoms with E-state index < -0.39 is 11.9 Å². The van der Waals surface area contributed by atoms with Gasteiger partial charge in [-0.15, -0.1) is 0 Å². The monoisotopic (exact) mass is 443 g/mol. The highest BCUT2D eigenvalue weighted by Gasteiger charge is 2.06. The van der Waals surface area contributed by atoms with Gasteiger partial charge in [0.25, 0.3) is 0 Å². The van der Waals surface area contributed by atoms with E-state index in [1.54, 1.807) is 14.2 Å². The fourth-order valence-electron chi connectivity index (χ4n) is 3.20. The lowest BCUT2D eigenvalue weighted by Gasteiger charge is -2.10. The standard InChI is InChI=1S/C25H33NO6/c1-19(27)32-25(28)14-16-26-15-4-6-20-8-11-22(12-9-20)31-17-5-7-21-10-13-23(29-2)24(18-21)30-3/h8-13,18,26H,4-7,14-17H2,1-3H3. The first-order valence-electron chi connectivity index (χ1n) is 10.9. The van der Waals surface area contributed by atoms with Crippen LogP contribution in [-0.2, 0) is 27.2 Å². The van der Waals surface area contributed by atoms with Crippen LogP contribution in [0, 0.1) is 0 Å².